The molecule has 0 radical (unpaired) electrons. The molecule has 1 aromatic rings. The number of halogens is 2. The van der Waals surface area contributed by atoms with E-state index < -0.39 is 0 Å². The smallest absolute Gasteiger partial charge is 0.137 e. The van der Waals surface area contributed by atoms with Crippen LogP contribution in [-0.2, 0) is 4.74 Å². The molecular formula is C17H25BrFNO. The van der Waals surface area contributed by atoms with Gasteiger partial charge in [0, 0.05) is 23.8 Å². The summed E-state index contributed by atoms with van der Waals surface area (Å²) in [6, 6.07) is 3.74. The van der Waals surface area contributed by atoms with Crippen molar-refractivity contribution in [2.24, 2.45) is 11.3 Å². The molecule has 0 aliphatic heterocycles. The Morgan fingerprint density at radius 2 is 2.10 bits per heavy atom. The van der Waals surface area contributed by atoms with E-state index >= 15 is 0 Å². The molecule has 2 unspecified atom stereocenters. The molecule has 0 amide bonds. The molecule has 2 atom stereocenters. The Bertz CT molecular complexity index is 516. The number of hydrogen-bond acceptors (Lipinski definition) is 2. The summed E-state index contributed by atoms with van der Waals surface area (Å²) in [5, 5.41) is 3.55. The van der Waals surface area contributed by atoms with Crippen molar-refractivity contribution in [2.75, 3.05) is 11.9 Å². The molecule has 1 aliphatic rings. The van der Waals surface area contributed by atoms with Gasteiger partial charge in [-0.15, -0.1) is 0 Å². The molecule has 1 N–H and O–H groups in total. The van der Waals surface area contributed by atoms with Crippen LogP contribution in [0.5, 0.6) is 0 Å². The van der Waals surface area contributed by atoms with Gasteiger partial charge < -0.3 is 10.1 Å². The summed E-state index contributed by atoms with van der Waals surface area (Å²) in [6.07, 6.45) is 1.29. The second kappa shape index (κ2) is 6.25. The topological polar surface area (TPSA) is 21.3 Å². The predicted octanol–water partition coefficient (Wildman–Crippen LogP) is 5.15. The highest BCUT2D eigenvalue weighted by Gasteiger charge is 2.49. The summed E-state index contributed by atoms with van der Waals surface area (Å²) in [5.74, 6) is 0.340. The van der Waals surface area contributed by atoms with Crippen molar-refractivity contribution in [3.63, 3.8) is 0 Å². The van der Waals surface area contributed by atoms with Crippen LogP contribution >= 0.6 is 15.9 Å². The zero-order valence-electron chi connectivity index (χ0n) is 13.5. The van der Waals surface area contributed by atoms with Crippen molar-refractivity contribution in [2.45, 2.75) is 53.2 Å². The summed E-state index contributed by atoms with van der Waals surface area (Å²) < 4.78 is 20.0. The highest BCUT2D eigenvalue weighted by molar-refractivity contribution is 9.10. The minimum absolute atomic E-state index is 0.0855. The lowest BCUT2D eigenvalue weighted by molar-refractivity contribution is -0.108. The van der Waals surface area contributed by atoms with Crippen LogP contribution in [0.1, 0.15) is 39.7 Å². The molecule has 21 heavy (non-hydrogen) atoms. The fourth-order valence-electron chi connectivity index (χ4n) is 2.71. The second-order valence-electron chi connectivity index (χ2n) is 7.05. The van der Waals surface area contributed by atoms with E-state index in [9.17, 15) is 4.39 Å². The molecule has 0 spiro atoms. The van der Waals surface area contributed by atoms with Gasteiger partial charge in [-0.25, -0.2) is 4.39 Å². The number of rotatable bonds is 5. The van der Waals surface area contributed by atoms with Gasteiger partial charge in [0.25, 0.3) is 0 Å². The molecule has 0 bridgehead atoms. The zero-order chi connectivity index (χ0) is 15.8. The summed E-state index contributed by atoms with van der Waals surface area (Å²) >= 11 is 3.25. The van der Waals surface area contributed by atoms with Crippen LogP contribution in [-0.4, -0.2) is 18.8 Å². The third-order valence-corrected chi connectivity index (χ3v) is 5.01. The number of nitrogens with one attached hydrogen (secondary N) is 1. The monoisotopic (exact) mass is 357 g/mol. The molecule has 0 aromatic heterocycles. The Balaban J connectivity index is 2.01. The van der Waals surface area contributed by atoms with Gasteiger partial charge in [0.1, 0.15) is 5.82 Å². The lowest BCUT2D eigenvalue weighted by Crippen LogP contribution is -2.58. The average molecular weight is 358 g/mol. The summed E-state index contributed by atoms with van der Waals surface area (Å²) in [4.78, 5) is 0. The van der Waals surface area contributed by atoms with E-state index in [1.807, 2.05) is 13.0 Å². The maximum Gasteiger partial charge on any atom is 0.137 e. The molecule has 1 aromatic carbocycles. The van der Waals surface area contributed by atoms with Crippen molar-refractivity contribution < 1.29 is 9.13 Å². The quantitative estimate of drug-likeness (QED) is 0.786. The first-order valence-corrected chi connectivity index (χ1v) is 8.35. The van der Waals surface area contributed by atoms with Crippen LogP contribution in [0, 0.1) is 24.1 Å². The fraction of sp³-hybridized carbons (Fsp3) is 0.647. The minimum atomic E-state index is -0.218. The Morgan fingerprint density at radius 3 is 2.67 bits per heavy atom. The molecule has 0 saturated heterocycles. The van der Waals surface area contributed by atoms with Gasteiger partial charge in [0.15, 0.2) is 0 Å². The van der Waals surface area contributed by atoms with Gasteiger partial charge in [-0.05, 0) is 52.9 Å². The number of hydrogen-bond donors (Lipinski definition) is 1. The van der Waals surface area contributed by atoms with E-state index in [1.165, 1.54) is 0 Å². The van der Waals surface area contributed by atoms with Gasteiger partial charge in [0.2, 0.25) is 0 Å². The van der Waals surface area contributed by atoms with Crippen LogP contribution in [0.2, 0.25) is 0 Å². The van der Waals surface area contributed by atoms with E-state index in [4.69, 9.17) is 4.74 Å². The SMILES string of the molecule is Cc1cc(F)c(Br)cc1NC1CC(OCC(C)C)C1(C)C. The van der Waals surface area contributed by atoms with E-state index in [2.05, 4.69) is 48.9 Å². The van der Waals surface area contributed by atoms with Gasteiger partial charge in [-0.2, -0.15) is 0 Å². The molecule has 1 fully saturated rings. The highest BCUT2D eigenvalue weighted by atomic mass is 79.9. The molecule has 1 saturated carbocycles. The van der Waals surface area contributed by atoms with Crippen molar-refractivity contribution in [1.82, 2.24) is 0 Å². The fourth-order valence-corrected chi connectivity index (χ4v) is 3.05. The first kappa shape index (κ1) is 16.8. The molecule has 118 valence electrons. The minimum Gasteiger partial charge on any atom is -0.381 e. The Kier molecular flexibility index (Phi) is 4.99. The van der Waals surface area contributed by atoms with Gasteiger partial charge >= 0.3 is 0 Å². The standard InChI is InChI=1S/C17H25BrFNO/c1-10(2)9-21-16-8-15(17(16,4)5)20-14-7-12(18)13(19)6-11(14)3/h6-7,10,15-16,20H,8-9H2,1-5H3. The maximum absolute atomic E-state index is 13.5. The summed E-state index contributed by atoms with van der Waals surface area (Å²) in [6.45, 7) is 11.5. The van der Waals surface area contributed by atoms with Crippen molar-refractivity contribution in [3.8, 4) is 0 Å². The average Bonchev–Trinajstić information content (AvgIpc) is 2.38. The molecule has 4 heteroatoms. The van der Waals surface area contributed by atoms with E-state index in [1.54, 1.807) is 6.07 Å². The van der Waals surface area contributed by atoms with Crippen LogP contribution in [0.3, 0.4) is 0 Å². The van der Waals surface area contributed by atoms with Crippen LogP contribution in [0.25, 0.3) is 0 Å². The van der Waals surface area contributed by atoms with Gasteiger partial charge in [0.05, 0.1) is 10.6 Å². The molecule has 2 rings (SSSR count). The molecule has 1 aliphatic carbocycles. The molecular weight excluding hydrogens is 333 g/mol. The highest BCUT2D eigenvalue weighted by Crippen LogP contribution is 2.45. The van der Waals surface area contributed by atoms with E-state index in [0.29, 0.717) is 22.5 Å². The van der Waals surface area contributed by atoms with Crippen molar-refractivity contribution in [3.05, 3.63) is 28.0 Å². The van der Waals surface area contributed by atoms with Crippen LogP contribution in [0.15, 0.2) is 16.6 Å². The van der Waals surface area contributed by atoms with Crippen molar-refractivity contribution >= 4 is 21.6 Å². The van der Waals surface area contributed by atoms with Crippen LogP contribution < -0.4 is 5.32 Å². The second-order valence-corrected chi connectivity index (χ2v) is 7.91. The lowest BCUT2D eigenvalue weighted by Gasteiger charge is -2.52. The summed E-state index contributed by atoms with van der Waals surface area (Å²) in [5.41, 5.74) is 2.00. The Labute approximate surface area is 135 Å². The number of anilines is 1. The van der Waals surface area contributed by atoms with E-state index in [0.717, 1.165) is 24.3 Å². The third kappa shape index (κ3) is 3.59. The number of benzene rings is 1. The molecule has 0 heterocycles. The summed E-state index contributed by atoms with van der Waals surface area (Å²) in [7, 11) is 0. The number of ether oxygens (including phenoxy) is 1. The third-order valence-electron chi connectivity index (χ3n) is 4.41. The maximum atomic E-state index is 13.5. The largest absolute Gasteiger partial charge is 0.381 e. The van der Waals surface area contributed by atoms with Crippen molar-refractivity contribution in [1.29, 1.82) is 0 Å². The molecule has 2 nitrogen and oxygen atoms in total. The first-order valence-electron chi connectivity index (χ1n) is 7.55. The zero-order valence-corrected chi connectivity index (χ0v) is 15.1. The number of aryl methyl sites for hydroxylation is 1. The van der Waals surface area contributed by atoms with E-state index in [-0.39, 0.29) is 11.2 Å². The Morgan fingerprint density at radius 1 is 1.43 bits per heavy atom. The van der Waals surface area contributed by atoms with Gasteiger partial charge in [-0.3, -0.25) is 0 Å². The first-order chi connectivity index (χ1) is 9.71. The van der Waals surface area contributed by atoms with Gasteiger partial charge in [-0.1, -0.05) is 27.7 Å². The lowest BCUT2D eigenvalue weighted by atomic mass is 9.64. The Hall–Kier alpha value is -0.610. The predicted molar refractivity (Wildman–Crippen MR) is 89.2 cm³/mol. The normalized spacial score (nSPS) is 24.0. The van der Waals surface area contributed by atoms with Crippen LogP contribution in [0.4, 0.5) is 10.1 Å².